The smallest absolute Gasteiger partial charge is 0.338 e. The van der Waals surface area contributed by atoms with Gasteiger partial charge in [0.25, 0.3) is 0 Å². The number of hydrogen-bond donors (Lipinski definition) is 2. The second-order valence-electron chi connectivity index (χ2n) is 10.3. The summed E-state index contributed by atoms with van der Waals surface area (Å²) < 4.78 is 10.0. The van der Waals surface area contributed by atoms with Crippen LogP contribution in [0.1, 0.15) is 155 Å². The van der Waals surface area contributed by atoms with Crippen molar-refractivity contribution < 1.29 is 29.3 Å². The minimum Gasteiger partial charge on any atom is -0.464 e. The summed E-state index contributed by atoms with van der Waals surface area (Å²) in [5.74, 6) is -1.94. The van der Waals surface area contributed by atoms with Gasteiger partial charge in [-0.3, -0.25) is 0 Å². The summed E-state index contributed by atoms with van der Waals surface area (Å²) in [6.07, 6.45) is 22.5. The molecule has 0 rings (SSSR count). The summed E-state index contributed by atoms with van der Waals surface area (Å²) in [4.78, 5) is 23.8. The van der Waals surface area contributed by atoms with Crippen molar-refractivity contribution in [3.05, 3.63) is 0 Å². The number of ether oxygens (including phenoxy) is 2. The normalized spacial score (nSPS) is 12.9. The van der Waals surface area contributed by atoms with Crippen LogP contribution in [-0.2, 0) is 19.1 Å². The fraction of sp³-hybridized carbons (Fsp3) is 0.933. The first-order chi connectivity index (χ1) is 17.5. The van der Waals surface area contributed by atoms with E-state index in [1.54, 1.807) is 0 Å². The molecule has 0 spiro atoms. The number of hydrogen-bond acceptors (Lipinski definition) is 6. The molecule has 0 aliphatic carbocycles. The third-order valence-corrected chi connectivity index (χ3v) is 6.77. The number of carbonyl (C=O) groups excluding carboxylic acids is 2. The quantitative estimate of drug-likeness (QED) is 0.0875. The standard InChI is InChI=1S/C30H58O6/c1-3-5-7-9-11-13-15-17-19-21-23-25-35-29(33)27(31)28(32)30(34)36-26-24-22-20-18-16-14-12-10-8-6-4-2/h27-28,31-32H,3-26H2,1-2H3. The minimum atomic E-state index is -1.90. The van der Waals surface area contributed by atoms with Crippen molar-refractivity contribution in [1.82, 2.24) is 0 Å². The molecule has 0 bridgehead atoms. The third kappa shape index (κ3) is 22.1. The van der Waals surface area contributed by atoms with Gasteiger partial charge < -0.3 is 19.7 Å². The Kier molecular flexibility index (Phi) is 26.1. The molecule has 0 aliphatic rings. The molecule has 2 atom stereocenters. The van der Waals surface area contributed by atoms with Crippen LogP contribution < -0.4 is 0 Å². The molecule has 0 aromatic rings. The topological polar surface area (TPSA) is 93.1 Å². The Bertz CT molecular complexity index is 452. The van der Waals surface area contributed by atoms with E-state index in [1.807, 2.05) is 0 Å². The average molecular weight is 515 g/mol. The molecule has 0 radical (unpaired) electrons. The lowest BCUT2D eigenvalue weighted by molar-refractivity contribution is -0.173. The summed E-state index contributed by atoms with van der Waals surface area (Å²) in [7, 11) is 0. The maximum absolute atomic E-state index is 11.9. The van der Waals surface area contributed by atoms with Gasteiger partial charge in [-0.1, -0.05) is 142 Å². The van der Waals surface area contributed by atoms with E-state index in [2.05, 4.69) is 13.8 Å². The number of esters is 2. The van der Waals surface area contributed by atoms with E-state index >= 15 is 0 Å². The summed E-state index contributed by atoms with van der Waals surface area (Å²) in [5.41, 5.74) is 0. The van der Waals surface area contributed by atoms with Gasteiger partial charge in [-0.15, -0.1) is 0 Å². The zero-order chi connectivity index (χ0) is 26.7. The van der Waals surface area contributed by atoms with E-state index in [9.17, 15) is 19.8 Å². The molecule has 2 N–H and O–H groups in total. The molecule has 0 fully saturated rings. The maximum Gasteiger partial charge on any atom is 0.338 e. The van der Waals surface area contributed by atoms with Crippen molar-refractivity contribution in [3.8, 4) is 0 Å². The molecule has 0 saturated carbocycles. The average Bonchev–Trinajstić information content (AvgIpc) is 2.88. The van der Waals surface area contributed by atoms with Gasteiger partial charge in [0.1, 0.15) is 0 Å². The van der Waals surface area contributed by atoms with E-state index in [4.69, 9.17) is 9.47 Å². The molecule has 214 valence electrons. The van der Waals surface area contributed by atoms with Crippen molar-refractivity contribution in [2.75, 3.05) is 13.2 Å². The highest BCUT2D eigenvalue weighted by Gasteiger charge is 2.32. The second kappa shape index (κ2) is 26.9. The first-order valence-corrected chi connectivity index (χ1v) is 15.2. The van der Waals surface area contributed by atoms with Crippen LogP contribution in [0.4, 0.5) is 0 Å². The summed E-state index contributed by atoms with van der Waals surface area (Å²) in [5, 5.41) is 19.8. The number of aliphatic hydroxyl groups is 2. The predicted molar refractivity (Wildman–Crippen MR) is 147 cm³/mol. The van der Waals surface area contributed by atoms with Gasteiger partial charge in [0, 0.05) is 0 Å². The number of aliphatic hydroxyl groups excluding tert-OH is 2. The highest BCUT2D eigenvalue weighted by molar-refractivity contribution is 5.85. The van der Waals surface area contributed by atoms with Crippen LogP contribution in [-0.4, -0.2) is 47.6 Å². The number of rotatable bonds is 27. The van der Waals surface area contributed by atoms with Gasteiger partial charge in [-0.2, -0.15) is 0 Å². The first kappa shape index (κ1) is 34.9. The van der Waals surface area contributed by atoms with E-state index in [-0.39, 0.29) is 13.2 Å². The largest absolute Gasteiger partial charge is 0.464 e. The summed E-state index contributed by atoms with van der Waals surface area (Å²) in [6, 6.07) is 0. The molecule has 36 heavy (non-hydrogen) atoms. The Morgan fingerprint density at radius 2 is 0.667 bits per heavy atom. The number of unbranched alkanes of at least 4 members (excludes halogenated alkanes) is 20. The molecule has 0 amide bonds. The molecule has 0 heterocycles. The number of carbonyl (C=O) groups is 2. The SMILES string of the molecule is CCCCCCCCCCCCCOC(=O)C(O)C(O)C(=O)OCCCCCCCCCCCCC. The molecule has 2 unspecified atom stereocenters. The van der Waals surface area contributed by atoms with E-state index in [0.717, 1.165) is 25.7 Å². The van der Waals surface area contributed by atoms with E-state index in [0.29, 0.717) is 12.8 Å². The highest BCUT2D eigenvalue weighted by atomic mass is 16.6. The lowest BCUT2D eigenvalue weighted by Crippen LogP contribution is -2.41. The van der Waals surface area contributed by atoms with Crippen molar-refractivity contribution in [1.29, 1.82) is 0 Å². The fourth-order valence-corrected chi connectivity index (χ4v) is 4.31. The maximum atomic E-state index is 11.9. The van der Waals surface area contributed by atoms with Gasteiger partial charge >= 0.3 is 11.9 Å². The molecular formula is C30H58O6. The fourth-order valence-electron chi connectivity index (χ4n) is 4.31. The lowest BCUT2D eigenvalue weighted by Gasteiger charge is -2.16. The van der Waals surface area contributed by atoms with Gasteiger partial charge in [0.05, 0.1) is 13.2 Å². The first-order valence-electron chi connectivity index (χ1n) is 15.2. The summed E-state index contributed by atoms with van der Waals surface area (Å²) in [6.45, 7) is 4.84. The highest BCUT2D eigenvalue weighted by Crippen LogP contribution is 2.13. The zero-order valence-corrected chi connectivity index (χ0v) is 23.7. The monoisotopic (exact) mass is 514 g/mol. The molecule has 0 saturated heterocycles. The van der Waals surface area contributed by atoms with Gasteiger partial charge in [-0.25, -0.2) is 9.59 Å². The Labute approximate surface area is 221 Å². The van der Waals surface area contributed by atoms with Crippen LogP contribution >= 0.6 is 0 Å². The van der Waals surface area contributed by atoms with Crippen LogP contribution in [0.3, 0.4) is 0 Å². The van der Waals surface area contributed by atoms with Crippen LogP contribution in [0, 0.1) is 0 Å². The van der Waals surface area contributed by atoms with Crippen LogP contribution in [0.15, 0.2) is 0 Å². The predicted octanol–water partition coefficient (Wildman–Crippen LogP) is 7.42. The van der Waals surface area contributed by atoms with Crippen LogP contribution in [0.25, 0.3) is 0 Å². The molecular weight excluding hydrogens is 456 g/mol. The van der Waals surface area contributed by atoms with Crippen molar-refractivity contribution in [2.45, 2.75) is 167 Å². The third-order valence-electron chi connectivity index (χ3n) is 6.77. The van der Waals surface area contributed by atoms with Gasteiger partial charge in [0.2, 0.25) is 0 Å². The van der Waals surface area contributed by atoms with Crippen molar-refractivity contribution in [2.24, 2.45) is 0 Å². The lowest BCUT2D eigenvalue weighted by atomic mass is 10.1. The molecule has 6 nitrogen and oxygen atoms in total. The second-order valence-corrected chi connectivity index (χ2v) is 10.3. The van der Waals surface area contributed by atoms with E-state index < -0.39 is 24.1 Å². The Balaban J connectivity index is 3.60. The van der Waals surface area contributed by atoms with Crippen molar-refractivity contribution in [3.63, 3.8) is 0 Å². The molecule has 0 aliphatic heterocycles. The molecule has 6 heteroatoms. The Hall–Kier alpha value is -1.14. The Morgan fingerprint density at radius 3 is 0.917 bits per heavy atom. The zero-order valence-electron chi connectivity index (χ0n) is 23.7. The van der Waals surface area contributed by atoms with Gasteiger partial charge in [-0.05, 0) is 12.8 Å². The molecule has 0 aromatic heterocycles. The molecule has 0 aromatic carbocycles. The minimum absolute atomic E-state index is 0.188. The Morgan fingerprint density at radius 1 is 0.444 bits per heavy atom. The van der Waals surface area contributed by atoms with Crippen LogP contribution in [0.5, 0.6) is 0 Å². The van der Waals surface area contributed by atoms with E-state index in [1.165, 1.54) is 103 Å². The summed E-state index contributed by atoms with van der Waals surface area (Å²) >= 11 is 0. The van der Waals surface area contributed by atoms with Gasteiger partial charge in [0.15, 0.2) is 12.2 Å². The van der Waals surface area contributed by atoms with Crippen LogP contribution in [0.2, 0.25) is 0 Å². The van der Waals surface area contributed by atoms with Crippen molar-refractivity contribution >= 4 is 11.9 Å².